The zero-order valence-corrected chi connectivity index (χ0v) is 11.4. The topological polar surface area (TPSA) is 66.6 Å². The Labute approximate surface area is 117 Å². The van der Waals surface area contributed by atoms with Crippen LogP contribution in [0.1, 0.15) is 18.5 Å². The van der Waals surface area contributed by atoms with E-state index in [9.17, 15) is 14.0 Å². The van der Waals surface area contributed by atoms with Gasteiger partial charge in [-0.3, -0.25) is 9.59 Å². The molecule has 108 valence electrons. The minimum Gasteiger partial charge on any atom is -0.333 e. The monoisotopic (exact) mass is 279 g/mol. The zero-order chi connectivity index (χ0) is 14.7. The molecule has 20 heavy (non-hydrogen) atoms. The lowest BCUT2D eigenvalue weighted by Gasteiger charge is -2.37. The highest BCUT2D eigenvalue weighted by Crippen LogP contribution is 2.24. The number of hydrogen-bond acceptors (Lipinski definition) is 3. The molecule has 0 saturated carbocycles. The van der Waals surface area contributed by atoms with Crippen molar-refractivity contribution in [3.8, 4) is 0 Å². The van der Waals surface area contributed by atoms with Crippen molar-refractivity contribution in [3.05, 3.63) is 35.6 Å². The van der Waals surface area contributed by atoms with Gasteiger partial charge in [-0.15, -0.1) is 0 Å². The normalized spacial score (nSPS) is 17.6. The number of piperazine rings is 1. The third-order valence-electron chi connectivity index (χ3n) is 3.59. The lowest BCUT2D eigenvalue weighted by molar-refractivity contribution is -0.157. The molecule has 1 heterocycles. The van der Waals surface area contributed by atoms with Crippen molar-refractivity contribution in [2.45, 2.75) is 13.0 Å². The molecule has 1 fully saturated rings. The van der Waals surface area contributed by atoms with Crippen molar-refractivity contribution in [1.82, 2.24) is 9.80 Å². The number of nitrogens with two attached hydrogens (primary N) is 1. The van der Waals surface area contributed by atoms with Crippen molar-refractivity contribution in [1.29, 1.82) is 0 Å². The number of carbonyl (C=O) groups is 2. The molecule has 0 radical (unpaired) electrons. The van der Waals surface area contributed by atoms with Gasteiger partial charge in [0.2, 0.25) is 0 Å². The number of hydrogen-bond donors (Lipinski definition) is 1. The quantitative estimate of drug-likeness (QED) is 0.817. The Morgan fingerprint density at radius 2 is 1.95 bits per heavy atom. The van der Waals surface area contributed by atoms with Gasteiger partial charge >= 0.3 is 11.8 Å². The minimum atomic E-state index is -0.614. The Balaban J connectivity index is 2.27. The summed E-state index contributed by atoms with van der Waals surface area (Å²) in [4.78, 5) is 26.9. The third-order valence-corrected chi connectivity index (χ3v) is 3.59. The van der Waals surface area contributed by atoms with Gasteiger partial charge in [0.1, 0.15) is 5.82 Å². The van der Waals surface area contributed by atoms with E-state index in [0.717, 1.165) is 0 Å². The van der Waals surface area contributed by atoms with Gasteiger partial charge in [0.25, 0.3) is 0 Å². The van der Waals surface area contributed by atoms with E-state index in [0.29, 0.717) is 25.2 Å². The molecule has 2 amide bonds. The molecule has 1 atom stereocenters. The molecular formula is C14H18FN3O2. The number of carbonyl (C=O) groups excluding carboxylic acids is 2. The lowest BCUT2D eigenvalue weighted by atomic mass is 10.0. The standard InChI is InChI=1S/C14H18FN3O2/c1-2-17-7-8-18(14(20)13(17)19)12(9-16)10-5-3-4-6-11(10)15/h3-6,12H,2,7-9,16H2,1H3. The van der Waals surface area contributed by atoms with Crippen LogP contribution in [0.25, 0.3) is 0 Å². The predicted octanol–water partition coefficient (Wildman–Crippen LogP) is 0.516. The second-order valence-electron chi connectivity index (χ2n) is 4.66. The van der Waals surface area contributed by atoms with E-state index >= 15 is 0 Å². The van der Waals surface area contributed by atoms with Crippen LogP contribution in [-0.4, -0.2) is 47.8 Å². The Hall–Kier alpha value is -1.95. The highest BCUT2D eigenvalue weighted by atomic mass is 19.1. The molecule has 1 aromatic carbocycles. The van der Waals surface area contributed by atoms with Gasteiger partial charge < -0.3 is 15.5 Å². The molecule has 0 bridgehead atoms. The molecule has 1 aromatic rings. The molecule has 0 spiro atoms. The van der Waals surface area contributed by atoms with E-state index in [2.05, 4.69) is 0 Å². The Kier molecular flexibility index (Phi) is 4.34. The SMILES string of the molecule is CCN1CCN(C(CN)c2ccccc2F)C(=O)C1=O. The van der Waals surface area contributed by atoms with E-state index in [1.807, 2.05) is 6.92 Å². The fourth-order valence-corrected chi connectivity index (χ4v) is 2.46. The fraction of sp³-hybridized carbons (Fsp3) is 0.429. The molecule has 2 rings (SSSR count). The van der Waals surface area contributed by atoms with Gasteiger partial charge in [-0.05, 0) is 13.0 Å². The first kappa shape index (κ1) is 14.5. The summed E-state index contributed by atoms with van der Waals surface area (Å²) in [5, 5.41) is 0. The van der Waals surface area contributed by atoms with Crippen LogP contribution < -0.4 is 5.73 Å². The first-order chi connectivity index (χ1) is 9.60. The van der Waals surface area contributed by atoms with Crippen LogP contribution in [0.15, 0.2) is 24.3 Å². The van der Waals surface area contributed by atoms with Crippen LogP contribution in [0.2, 0.25) is 0 Å². The average molecular weight is 279 g/mol. The predicted molar refractivity (Wildman–Crippen MR) is 72.2 cm³/mol. The Morgan fingerprint density at radius 3 is 2.55 bits per heavy atom. The van der Waals surface area contributed by atoms with Crippen molar-refractivity contribution in [3.63, 3.8) is 0 Å². The van der Waals surface area contributed by atoms with Crippen LogP contribution in [0.5, 0.6) is 0 Å². The number of benzene rings is 1. The van der Waals surface area contributed by atoms with Crippen LogP contribution in [0.3, 0.4) is 0 Å². The summed E-state index contributed by atoms with van der Waals surface area (Å²) in [7, 11) is 0. The van der Waals surface area contributed by atoms with Crippen molar-refractivity contribution < 1.29 is 14.0 Å². The van der Waals surface area contributed by atoms with E-state index in [1.54, 1.807) is 18.2 Å². The fourth-order valence-electron chi connectivity index (χ4n) is 2.46. The summed E-state index contributed by atoms with van der Waals surface area (Å²) < 4.78 is 13.9. The molecule has 6 heteroatoms. The lowest BCUT2D eigenvalue weighted by Crippen LogP contribution is -2.56. The molecule has 1 aliphatic rings. The number of likely N-dealkylation sites (N-methyl/N-ethyl adjacent to an activating group) is 1. The molecule has 2 N–H and O–H groups in total. The van der Waals surface area contributed by atoms with Crippen molar-refractivity contribution >= 4 is 11.8 Å². The first-order valence-electron chi connectivity index (χ1n) is 6.64. The average Bonchev–Trinajstić information content (AvgIpc) is 2.46. The summed E-state index contributed by atoms with van der Waals surface area (Å²) in [6.07, 6.45) is 0. The number of halogens is 1. The maximum atomic E-state index is 13.9. The highest BCUT2D eigenvalue weighted by Gasteiger charge is 2.36. The number of amides is 2. The molecule has 0 aromatic heterocycles. The summed E-state index contributed by atoms with van der Waals surface area (Å²) in [6.45, 7) is 3.20. The van der Waals surface area contributed by atoms with Gasteiger partial charge in [0.05, 0.1) is 6.04 Å². The Morgan fingerprint density at radius 1 is 1.25 bits per heavy atom. The van der Waals surface area contributed by atoms with Crippen LogP contribution in [0.4, 0.5) is 4.39 Å². The van der Waals surface area contributed by atoms with Crippen molar-refractivity contribution in [2.75, 3.05) is 26.2 Å². The smallest absolute Gasteiger partial charge is 0.312 e. The van der Waals surface area contributed by atoms with E-state index in [4.69, 9.17) is 5.73 Å². The van der Waals surface area contributed by atoms with E-state index in [-0.39, 0.29) is 6.54 Å². The van der Waals surface area contributed by atoms with Crippen molar-refractivity contribution in [2.24, 2.45) is 5.73 Å². The number of rotatable bonds is 4. The highest BCUT2D eigenvalue weighted by molar-refractivity contribution is 6.35. The molecule has 1 aliphatic heterocycles. The van der Waals surface area contributed by atoms with Crippen LogP contribution >= 0.6 is 0 Å². The second kappa shape index (κ2) is 6.00. The summed E-state index contributed by atoms with van der Waals surface area (Å²) in [5.41, 5.74) is 6.04. The van der Waals surface area contributed by atoms with Crippen LogP contribution in [-0.2, 0) is 9.59 Å². The maximum absolute atomic E-state index is 13.9. The number of nitrogens with zero attached hydrogens (tertiary/aromatic N) is 2. The molecule has 1 unspecified atom stereocenters. The van der Waals surface area contributed by atoms with E-state index in [1.165, 1.54) is 15.9 Å². The van der Waals surface area contributed by atoms with Crippen LogP contribution in [0, 0.1) is 5.82 Å². The minimum absolute atomic E-state index is 0.0755. The van der Waals surface area contributed by atoms with Gasteiger partial charge in [-0.1, -0.05) is 18.2 Å². The van der Waals surface area contributed by atoms with Gasteiger partial charge in [0, 0.05) is 31.7 Å². The summed E-state index contributed by atoms with van der Waals surface area (Å²) in [6, 6.07) is 5.58. The van der Waals surface area contributed by atoms with E-state index < -0.39 is 23.7 Å². The first-order valence-corrected chi connectivity index (χ1v) is 6.64. The molecule has 1 saturated heterocycles. The zero-order valence-electron chi connectivity index (χ0n) is 11.4. The van der Waals surface area contributed by atoms with Gasteiger partial charge in [-0.25, -0.2) is 4.39 Å². The summed E-state index contributed by atoms with van der Waals surface area (Å²) >= 11 is 0. The molecule has 0 aliphatic carbocycles. The van der Waals surface area contributed by atoms with Gasteiger partial charge in [-0.2, -0.15) is 0 Å². The second-order valence-corrected chi connectivity index (χ2v) is 4.66. The van der Waals surface area contributed by atoms with Gasteiger partial charge in [0.15, 0.2) is 0 Å². The molecular weight excluding hydrogens is 261 g/mol. The third kappa shape index (κ3) is 2.51. The largest absolute Gasteiger partial charge is 0.333 e. The Bertz CT molecular complexity index is 521. The molecule has 5 nitrogen and oxygen atoms in total. The maximum Gasteiger partial charge on any atom is 0.312 e. The summed E-state index contributed by atoms with van der Waals surface area (Å²) in [5.74, 6) is -1.58.